The zero-order valence-corrected chi connectivity index (χ0v) is 13.0. The Bertz CT molecular complexity index is 728. The number of hydrogen-bond acceptors (Lipinski definition) is 4. The Kier molecular flexibility index (Phi) is 4.21. The van der Waals surface area contributed by atoms with E-state index in [-0.39, 0.29) is 11.5 Å². The van der Waals surface area contributed by atoms with Crippen LogP contribution in [0.1, 0.15) is 18.5 Å². The van der Waals surface area contributed by atoms with Crippen LogP contribution in [0.3, 0.4) is 0 Å². The molecule has 1 aromatic carbocycles. The summed E-state index contributed by atoms with van der Waals surface area (Å²) >= 11 is 0. The van der Waals surface area contributed by atoms with Gasteiger partial charge in [0.25, 0.3) is 0 Å². The van der Waals surface area contributed by atoms with Crippen LogP contribution in [0.2, 0.25) is 0 Å². The van der Waals surface area contributed by atoms with Crippen molar-refractivity contribution in [3.8, 4) is 11.4 Å². The average molecular weight is 339 g/mol. The molecule has 0 N–H and O–H groups in total. The van der Waals surface area contributed by atoms with Gasteiger partial charge in [-0.05, 0) is 31.2 Å². The van der Waals surface area contributed by atoms with Gasteiger partial charge in [-0.3, -0.25) is 4.79 Å². The number of aryl methyl sites for hydroxylation is 1. The summed E-state index contributed by atoms with van der Waals surface area (Å²) in [6.45, 7) is 3.13. The van der Waals surface area contributed by atoms with Gasteiger partial charge in [0.1, 0.15) is 11.5 Å². The molecule has 3 rings (SSSR count). The second kappa shape index (κ2) is 6.18. The first-order chi connectivity index (χ1) is 11.3. The van der Waals surface area contributed by atoms with Gasteiger partial charge in [-0.25, -0.2) is 4.68 Å². The topological polar surface area (TPSA) is 47.4 Å². The first kappa shape index (κ1) is 16.4. The number of anilines is 1. The number of rotatable bonds is 3. The van der Waals surface area contributed by atoms with Gasteiger partial charge in [0.05, 0.1) is 5.69 Å². The maximum atomic E-state index is 12.2. The molecule has 2 heterocycles. The lowest BCUT2D eigenvalue weighted by Gasteiger charge is -2.25. The van der Waals surface area contributed by atoms with Gasteiger partial charge >= 0.3 is 6.36 Å². The third kappa shape index (κ3) is 3.69. The molecule has 1 fully saturated rings. The molecule has 5 nitrogen and oxygen atoms in total. The fraction of sp³-hybridized carbons (Fsp3) is 0.375. The van der Waals surface area contributed by atoms with E-state index in [0.717, 1.165) is 11.5 Å². The fourth-order valence-electron chi connectivity index (χ4n) is 2.65. The number of Topliss-reactive ketones (excluding diaryl/α,β-unsaturated/α-hetero) is 1. The standard InChI is InChI=1S/C16H16F3N3O2/c1-11-10-15(21-8-6-13(23)7-9-21)20-22(11)12-2-4-14(5-3-12)24-16(17,18)19/h2-5,10H,6-9H2,1H3. The van der Waals surface area contributed by atoms with Crippen molar-refractivity contribution in [1.29, 1.82) is 0 Å². The van der Waals surface area contributed by atoms with E-state index in [2.05, 4.69) is 9.84 Å². The molecule has 0 amide bonds. The lowest BCUT2D eigenvalue weighted by atomic mass is 10.1. The lowest BCUT2D eigenvalue weighted by Crippen LogP contribution is -2.34. The Balaban J connectivity index is 1.78. The van der Waals surface area contributed by atoms with Gasteiger partial charge in [-0.15, -0.1) is 13.2 Å². The molecule has 0 atom stereocenters. The van der Waals surface area contributed by atoms with E-state index in [9.17, 15) is 18.0 Å². The molecule has 24 heavy (non-hydrogen) atoms. The second-order valence-electron chi connectivity index (χ2n) is 5.62. The van der Waals surface area contributed by atoms with Gasteiger partial charge < -0.3 is 9.64 Å². The molecule has 2 aromatic rings. The Morgan fingerprint density at radius 1 is 1.12 bits per heavy atom. The maximum Gasteiger partial charge on any atom is 0.573 e. The van der Waals surface area contributed by atoms with Crippen molar-refractivity contribution in [1.82, 2.24) is 9.78 Å². The van der Waals surface area contributed by atoms with Gasteiger partial charge in [0.15, 0.2) is 5.82 Å². The van der Waals surface area contributed by atoms with E-state index in [1.165, 1.54) is 24.3 Å². The van der Waals surface area contributed by atoms with Crippen LogP contribution in [0.15, 0.2) is 30.3 Å². The molecule has 0 radical (unpaired) electrons. The lowest BCUT2D eigenvalue weighted by molar-refractivity contribution is -0.274. The molecule has 8 heteroatoms. The van der Waals surface area contributed by atoms with Crippen molar-refractivity contribution in [2.75, 3.05) is 18.0 Å². The summed E-state index contributed by atoms with van der Waals surface area (Å²) in [5.41, 5.74) is 1.49. The number of carbonyl (C=O) groups excluding carboxylic acids is 1. The van der Waals surface area contributed by atoms with Crippen molar-refractivity contribution in [2.45, 2.75) is 26.1 Å². The average Bonchev–Trinajstić information content (AvgIpc) is 2.89. The second-order valence-corrected chi connectivity index (χ2v) is 5.62. The van der Waals surface area contributed by atoms with E-state index in [1.807, 2.05) is 17.9 Å². The van der Waals surface area contributed by atoms with E-state index in [1.54, 1.807) is 4.68 Å². The van der Waals surface area contributed by atoms with E-state index in [4.69, 9.17) is 0 Å². The predicted octanol–water partition coefficient (Wildman–Crippen LogP) is 3.25. The van der Waals surface area contributed by atoms with Crippen molar-refractivity contribution >= 4 is 11.6 Å². The fourth-order valence-corrected chi connectivity index (χ4v) is 2.65. The zero-order chi connectivity index (χ0) is 17.3. The molecule has 0 unspecified atom stereocenters. The minimum absolute atomic E-state index is 0.252. The number of carbonyl (C=O) groups is 1. The van der Waals surface area contributed by atoms with Crippen LogP contribution < -0.4 is 9.64 Å². The third-order valence-electron chi connectivity index (χ3n) is 3.83. The Hall–Kier alpha value is -2.51. The summed E-state index contributed by atoms with van der Waals surface area (Å²) < 4.78 is 42.1. The van der Waals surface area contributed by atoms with Crippen molar-refractivity contribution in [3.63, 3.8) is 0 Å². The monoisotopic (exact) mass is 339 g/mol. The molecule has 128 valence electrons. The highest BCUT2D eigenvalue weighted by Gasteiger charge is 2.31. The summed E-state index contributed by atoms with van der Waals surface area (Å²) in [5.74, 6) is 0.740. The summed E-state index contributed by atoms with van der Waals surface area (Å²) in [6.07, 6.45) is -3.69. The molecule has 1 aliphatic rings. The predicted molar refractivity (Wildman–Crippen MR) is 81.4 cm³/mol. The molecule has 0 saturated carbocycles. The van der Waals surface area contributed by atoms with Gasteiger partial charge in [-0.2, -0.15) is 5.10 Å². The van der Waals surface area contributed by atoms with E-state index in [0.29, 0.717) is 31.6 Å². The van der Waals surface area contributed by atoms with Crippen LogP contribution >= 0.6 is 0 Å². The van der Waals surface area contributed by atoms with Crippen molar-refractivity contribution < 1.29 is 22.7 Å². The minimum atomic E-state index is -4.71. The van der Waals surface area contributed by atoms with Crippen LogP contribution in [0.5, 0.6) is 5.75 Å². The molecule has 0 bridgehead atoms. The van der Waals surface area contributed by atoms with Crippen molar-refractivity contribution in [2.24, 2.45) is 0 Å². The maximum absolute atomic E-state index is 12.2. The molecular weight excluding hydrogens is 323 g/mol. The Labute approximate surface area is 136 Å². The Morgan fingerprint density at radius 3 is 2.33 bits per heavy atom. The number of hydrogen-bond donors (Lipinski definition) is 0. The number of alkyl halides is 3. The molecule has 0 spiro atoms. The van der Waals surface area contributed by atoms with E-state index < -0.39 is 6.36 Å². The number of ether oxygens (including phenoxy) is 1. The number of halogens is 3. The summed E-state index contributed by atoms with van der Waals surface area (Å²) in [7, 11) is 0. The summed E-state index contributed by atoms with van der Waals surface area (Å²) in [5, 5.41) is 4.50. The quantitative estimate of drug-likeness (QED) is 0.861. The molecule has 1 aliphatic heterocycles. The van der Waals surface area contributed by atoms with E-state index >= 15 is 0 Å². The number of piperidine rings is 1. The molecule has 1 aromatic heterocycles. The number of benzene rings is 1. The zero-order valence-electron chi connectivity index (χ0n) is 13.0. The van der Waals surface area contributed by atoms with Crippen LogP contribution in [0, 0.1) is 6.92 Å². The van der Waals surface area contributed by atoms with Crippen LogP contribution in [0.4, 0.5) is 19.0 Å². The van der Waals surface area contributed by atoms with Crippen LogP contribution in [0.25, 0.3) is 5.69 Å². The third-order valence-corrected chi connectivity index (χ3v) is 3.83. The highest BCUT2D eigenvalue weighted by molar-refractivity contribution is 5.80. The van der Waals surface area contributed by atoms with Crippen molar-refractivity contribution in [3.05, 3.63) is 36.0 Å². The summed E-state index contributed by atoms with van der Waals surface area (Å²) in [6, 6.07) is 7.44. The molecule has 0 aliphatic carbocycles. The Morgan fingerprint density at radius 2 is 1.75 bits per heavy atom. The normalized spacial score (nSPS) is 15.7. The number of ketones is 1. The first-order valence-corrected chi connectivity index (χ1v) is 7.51. The largest absolute Gasteiger partial charge is 0.573 e. The minimum Gasteiger partial charge on any atom is -0.406 e. The number of nitrogens with zero attached hydrogens (tertiary/aromatic N) is 3. The number of aromatic nitrogens is 2. The molecule has 1 saturated heterocycles. The van der Waals surface area contributed by atoms with Gasteiger partial charge in [-0.1, -0.05) is 0 Å². The first-order valence-electron chi connectivity index (χ1n) is 7.51. The summed E-state index contributed by atoms with van der Waals surface area (Å²) in [4.78, 5) is 13.4. The SMILES string of the molecule is Cc1cc(N2CCC(=O)CC2)nn1-c1ccc(OC(F)(F)F)cc1. The molecular formula is C16H16F3N3O2. The van der Waals surface area contributed by atoms with Crippen LogP contribution in [-0.2, 0) is 4.79 Å². The highest BCUT2D eigenvalue weighted by Crippen LogP contribution is 2.25. The van der Waals surface area contributed by atoms with Gasteiger partial charge in [0, 0.05) is 37.7 Å². The smallest absolute Gasteiger partial charge is 0.406 e. The van der Waals surface area contributed by atoms with Crippen LogP contribution in [-0.4, -0.2) is 35.0 Å². The highest BCUT2D eigenvalue weighted by atomic mass is 19.4. The van der Waals surface area contributed by atoms with Gasteiger partial charge in [0.2, 0.25) is 0 Å².